The van der Waals surface area contributed by atoms with Crippen molar-refractivity contribution in [2.24, 2.45) is 5.92 Å². The third kappa shape index (κ3) is 3.06. The second-order valence-corrected chi connectivity index (χ2v) is 5.11. The second kappa shape index (κ2) is 6.04. The van der Waals surface area contributed by atoms with Crippen LogP contribution in [0.1, 0.15) is 27.2 Å². The number of nitrogens with two attached hydrogens (primary N) is 1. The molecule has 1 aliphatic rings. The molecule has 0 aliphatic carbocycles. The predicted molar refractivity (Wildman–Crippen MR) is 79.2 cm³/mol. The average Bonchev–Trinajstić information content (AvgIpc) is 2.44. The van der Waals surface area contributed by atoms with Gasteiger partial charge in [-0.2, -0.15) is 0 Å². The van der Waals surface area contributed by atoms with Gasteiger partial charge in [0.2, 0.25) is 0 Å². The van der Waals surface area contributed by atoms with E-state index in [-0.39, 0.29) is 0 Å². The summed E-state index contributed by atoms with van der Waals surface area (Å²) in [6, 6.07) is 3.89. The number of benzene rings is 1. The highest BCUT2D eigenvalue weighted by Crippen LogP contribution is 2.38. The van der Waals surface area contributed by atoms with Crippen molar-refractivity contribution in [3.63, 3.8) is 0 Å². The molecule has 1 unspecified atom stereocenters. The first-order valence-electron chi connectivity index (χ1n) is 7.09. The first-order chi connectivity index (χ1) is 9.15. The molecule has 2 N–H and O–H groups in total. The summed E-state index contributed by atoms with van der Waals surface area (Å²) in [7, 11) is 0. The normalized spacial score (nSPS) is 15.1. The van der Waals surface area contributed by atoms with E-state index in [2.05, 4.69) is 25.7 Å². The highest BCUT2D eigenvalue weighted by Gasteiger charge is 2.18. The van der Waals surface area contributed by atoms with E-state index in [0.717, 1.165) is 36.0 Å². The van der Waals surface area contributed by atoms with Crippen molar-refractivity contribution in [3.8, 4) is 11.5 Å². The molecule has 0 radical (unpaired) electrons. The summed E-state index contributed by atoms with van der Waals surface area (Å²) in [5.41, 5.74) is 7.97. The van der Waals surface area contributed by atoms with Crippen molar-refractivity contribution in [1.82, 2.24) is 0 Å². The van der Waals surface area contributed by atoms with Crippen LogP contribution in [0, 0.1) is 5.92 Å². The quantitative estimate of drug-likeness (QED) is 0.831. The van der Waals surface area contributed by atoms with Gasteiger partial charge >= 0.3 is 0 Å². The summed E-state index contributed by atoms with van der Waals surface area (Å²) in [6.45, 7) is 9.77. The zero-order chi connectivity index (χ0) is 13.8. The van der Waals surface area contributed by atoms with E-state index in [1.54, 1.807) is 0 Å². The van der Waals surface area contributed by atoms with Crippen LogP contribution in [0.2, 0.25) is 0 Å². The number of rotatable bonds is 5. The van der Waals surface area contributed by atoms with E-state index in [0.29, 0.717) is 19.1 Å². The Kier molecular flexibility index (Phi) is 4.40. The van der Waals surface area contributed by atoms with Crippen LogP contribution >= 0.6 is 0 Å². The van der Waals surface area contributed by atoms with Crippen LogP contribution in [0.5, 0.6) is 11.5 Å². The lowest BCUT2D eigenvalue weighted by Crippen LogP contribution is -2.29. The van der Waals surface area contributed by atoms with Crippen molar-refractivity contribution < 1.29 is 9.47 Å². The first kappa shape index (κ1) is 13.8. The summed E-state index contributed by atoms with van der Waals surface area (Å²) in [6.07, 6.45) is 1.17. The molecule has 1 aromatic rings. The van der Waals surface area contributed by atoms with E-state index < -0.39 is 0 Å². The summed E-state index contributed by atoms with van der Waals surface area (Å²) < 4.78 is 11.2. The molecule has 1 aliphatic heterocycles. The fourth-order valence-corrected chi connectivity index (χ4v) is 2.27. The van der Waals surface area contributed by atoms with Crippen molar-refractivity contribution >= 4 is 11.4 Å². The van der Waals surface area contributed by atoms with E-state index in [1.165, 1.54) is 6.42 Å². The summed E-state index contributed by atoms with van der Waals surface area (Å²) in [5, 5.41) is 0. The Hall–Kier alpha value is -1.58. The number of hydrogen-bond donors (Lipinski definition) is 1. The smallest absolute Gasteiger partial charge is 0.163 e. The predicted octanol–water partition coefficient (Wildman–Crippen LogP) is 2.91. The maximum absolute atomic E-state index is 6.16. The third-order valence-electron chi connectivity index (χ3n) is 3.64. The minimum Gasteiger partial charge on any atom is -0.486 e. The van der Waals surface area contributed by atoms with Gasteiger partial charge in [-0.15, -0.1) is 0 Å². The summed E-state index contributed by atoms with van der Waals surface area (Å²) in [5.74, 6) is 2.21. The van der Waals surface area contributed by atoms with Gasteiger partial charge in [-0.05, 0) is 12.8 Å². The molecule has 0 aromatic heterocycles. The average molecular weight is 264 g/mol. The van der Waals surface area contributed by atoms with Gasteiger partial charge in [-0.25, -0.2) is 0 Å². The van der Waals surface area contributed by atoms with Crippen LogP contribution in [0.3, 0.4) is 0 Å². The fraction of sp³-hybridized carbons (Fsp3) is 0.600. The molecule has 4 heteroatoms. The van der Waals surface area contributed by atoms with Crippen LogP contribution in [-0.4, -0.2) is 26.3 Å². The molecule has 0 bridgehead atoms. The van der Waals surface area contributed by atoms with Crippen molar-refractivity contribution in [2.75, 3.05) is 36.9 Å². The maximum atomic E-state index is 6.16. The van der Waals surface area contributed by atoms with E-state index in [1.807, 2.05) is 12.1 Å². The number of anilines is 2. The van der Waals surface area contributed by atoms with Crippen molar-refractivity contribution in [3.05, 3.63) is 12.1 Å². The topological polar surface area (TPSA) is 47.7 Å². The number of fused-ring (bicyclic) bond motifs is 1. The molecule has 1 atom stereocenters. The Balaban J connectivity index is 2.26. The zero-order valence-electron chi connectivity index (χ0n) is 12.1. The lowest BCUT2D eigenvalue weighted by Gasteiger charge is -2.29. The SMILES string of the molecule is CCC(C)CN(CC)c1cc2c(cc1N)OCCO2. The summed E-state index contributed by atoms with van der Waals surface area (Å²) >= 11 is 0. The molecular weight excluding hydrogens is 240 g/mol. The summed E-state index contributed by atoms with van der Waals surface area (Å²) in [4.78, 5) is 2.31. The monoisotopic (exact) mass is 264 g/mol. The molecule has 106 valence electrons. The number of hydrogen-bond acceptors (Lipinski definition) is 4. The van der Waals surface area contributed by atoms with Gasteiger partial charge in [-0.3, -0.25) is 0 Å². The molecule has 2 rings (SSSR count). The second-order valence-electron chi connectivity index (χ2n) is 5.11. The Morgan fingerprint density at radius 2 is 1.84 bits per heavy atom. The fourth-order valence-electron chi connectivity index (χ4n) is 2.27. The van der Waals surface area contributed by atoms with Gasteiger partial charge in [0.15, 0.2) is 11.5 Å². The highest BCUT2D eigenvalue weighted by atomic mass is 16.6. The van der Waals surface area contributed by atoms with Gasteiger partial charge < -0.3 is 20.1 Å². The molecule has 4 nitrogen and oxygen atoms in total. The highest BCUT2D eigenvalue weighted by molar-refractivity contribution is 5.73. The molecular formula is C15H24N2O2. The first-order valence-corrected chi connectivity index (χ1v) is 7.09. The number of ether oxygens (including phenoxy) is 2. The molecule has 0 saturated carbocycles. The molecule has 1 heterocycles. The van der Waals surface area contributed by atoms with Crippen molar-refractivity contribution in [2.45, 2.75) is 27.2 Å². The third-order valence-corrected chi connectivity index (χ3v) is 3.64. The van der Waals surface area contributed by atoms with Gasteiger partial charge in [0.05, 0.1) is 11.4 Å². The van der Waals surface area contributed by atoms with E-state index in [4.69, 9.17) is 15.2 Å². The zero-order valence-corrected chi connectivity index (χ0v) is 12.1. The Labute approximate surface area is 115 Å². The number of nitrogens with zero attached hydrogens (tertiary/aromatic N) is 1. The molecule has 0 saturated heterocycles. The van der Waals surface area contributed by atoms with E-state index >= 15 is 0 Å². The maximum Gasteiger partial charge on any atom is 0.163 e. The van der Waals surface area contributed by atoms with Crippen LogP contribution in [0.4, 0.5) is 11.4 Å². The minimum atomic E-state index is 0.593. The van der Waals surface area contributed by atoms with Gasteiger partial charge in [0.1, 0.15) is 13.2 Å². The van der Waals surface area contributed by atoms with Crippen LogP contribution in [0.15, 0.2) is 12.1 Å². The Morgan fingerprint density at radius 1 is 1.21 bits per heavy atom. The van der Waals surface area contributed by atoms with Crippen LogP contribution in [-0.2, 0) is 0 Å². The van der Waals surface area contributed by atoms with E-state index in [9.17, 15) is 0 Å². The Bertz CT molecular complexity index is 434. The van der Waals surface area contributed by atoms with Gasteiger partial charge in [0.25, 0.3) is 0 Å². The molecule has 19 heavy (non-hydrogen) atoms. The standard InChI is InChI=1S/C15H24N2O2/c1-4-11(3)10-17(5-2)13-9-15-14(8-12(13)16)18-6-7-19-15/h8-9,11H,4-7,10,16H2,1-3H3. The van der Waals surface area contributed by atoms with Crippen LogP contribution in [0.25, 0.3) is 0 Å². The lowest BCUT2D eigenvalue weighted by atomic mass is 10.1. The number of nitrogen functional groups attached to an aromatic ring is 1. The lowest BCUT2D eigenvalue weighted by molar-refractivity contribution is 0.172. The molecule has 0 fully saturated rings. The molecule has 0 amide bonds. The van der Waals surface area contributed by atoms with Crippen molar-refractivity contribution in [1.29, 1.82) is 0 Å². The van der Waals surface area contributed by atoms with Gasteiger partial charge in [0, 0.05) is 25.2 Å². The minimum absolute atomic E-state index is 0.593. The largest absolute Gasteiger partial charge is 0.486 e. The Morgan fingerprint density at radius 3 is 2.42 bits per heavy atom. The molecule has 1 aromatic carbocycles. The van der Waals surface area contributed by atoms with Crippen LogP contribution < -0.4 is 20.1 Å². The molecule has 0 spiro atoms. The van der Waals surface area contributed by atoms with Gasteiger partial charge in [-0.1, -0.05) is 20.3 Å².